The highest BCUT2D eigenvalue weighted by Gasteiger charge is 2.35. The maximum absolute atomic E-state index is 12.9. The van der Waals surface area contributed by atoms with Crippen molar-refractivity contribution in [1.29, 1.82) is 0 Å². The molecular weight excluding hydrogens is 533 g/mol. The third-order valence-electron chi connectivity index (χ3n) is 4.54. The molecule has 0 radical (unpaired) electrons. The zero-order chi connectivity index (χ0) is 24.2. The van der Waals surface area contributed by atoms with E-state index in [-0.39, 0.29) is 11.5 Å². The fourth-order valence-corrected chi connectivity index (χ4v) is 5.42. The van der Waals surface area contributed by atoms with Crippen LogP contribution in [-0.4, -0.2) is 45.6 Å². The molecule has 1 unspecified atom stereocenters. The van der Waals surface area contributed by atoms with Crippen molar-refractivity contribution >= 4 is 75.9 Å². The zero-order valence-electron chi connectivity index (χ0n) is 17.6. The minimum atomic E-state index is -1.73. The van der Waals surface area contributed by atoms with Crippen molar-refractivity contribution in [3.05, 3.63) is 40.8 Å². The van der Waals surface area contributed by atoms with Crippen molar-refractivity contribution in [3.63, 3.8) is 0 Å². The first kappa shape index (κ1) is 26.0. The fourth-order valence-electron chi connectivity index (χ4n) is 3.31. The van der Waals surface area contributed by atoms with Gasteiger partial charge in [-0.05, 0) is 41.1 Å². The number of thioether (sulfide) groups is 1. The van der Waals surface area contributed by atoms with E-state index in [0.717, 1.165) is 15.3 Å². The summed E-state index contributed by atoms with van der Waals surface area (Å²) in [5, 5.41) is 1.97. The number of carbonyl (C=O) groups is 3. The Hall–Kier alpha value is -1.65. The third kappa shape index (κ3) is 7.42. The second-order valence-corrected chi connectivity index (χ2v) is 11.8. The average molecular weight is 553 g/mol. The smallest absolute Gasteiger partial charge is 0.410 e. The molecule has 1 aliphatic heterocycles. The number of thiophene rings is 1. The van der Waals surface area contributed by atoms with Crippen molar-refractivity contribution in [2.24, 2.45) is 0 Å². The van der Waals surface area contributed by atoms with Crippen LogP contribution in [0.1, 0.15) is 31.0 Å². The number of rotatable bonds is 6. The molecule has 3 rings (SSSR count). The average Bonchev–Trinajstić information content (AvgIpc) is 3.23. The summed E-state index contributed by atoms with van der Waals surface area (Å²) in [6, 6.07) is 6.80. The Labute approximate surface area is 214 Å². The Morgan fingerprint density at radius 2 is 1.82 bits per heavy atom. The highest BCUT2D eigenvalue weighted by Crippen LogP contribution is 2.41. The number of nitrogens with zero attached hydrogens (tertiary/aromatic N) is 1. The van der Waals surface area contributed by atoms with Crippen molar-refractivity contribution in [1.82, 2.24) is 4.90 Å². The van der Waals surface area contributed by atoms with Crippen LogP contribution in [-0.2, 0) is 20.7 Å². The van der Waals surface area contributed by atoms with Crippen molar-refractivity contribution in [2.45, 2.75) is 34.3 Å². The Morgan fingerprint density at radius 3 is 2.39 bits per heavy atom. The predicted octanol–water partition coefficient (Wildman–Crippen LogP) is 5.80. The summed E-state index contributed by atoms with van der Waals surface area (Å²) in [7, 11) is 0. The molecule has 1 amide bonds. The summed E-state index contributed by atoms with van der Waals surface area (Å²) >= 11 is 20.4. The maximum Gasteiger partial charge on any atom is 0.410 e. The van der Waals surface area contributed by atoms with Gasteiger partial charge in [-0.1, -0.05) is 40.9 Å². The number of ether oxygens (including phenoxy) is 3. The van der Waals surface area contributed by atoms with Gasteiger partial charge in [-0.25, -0.2) is 4.79 Å². The Morgan fingerprint density at radius 1 is 1.15 bits per heavy atom. The van der Waals surface area contributed by atoms with E-state index in [2.05, 4.69) is 0 Å². The molecule has 1 atom stereocenters. The first-order valence-electron chi connectivity index (χ1n) is 9.73. The van der Waals surface area contributed by atoms with E-state index in [0.29, 0.717) is 18.7 Å². The molecule has 12 heteroatoms. The van der Waals surface area contributed by atoms with Gasteiger partial charge in [0, 0.05) is 26.1 Å². The molecule has 1 aromatic heterocycles. The maximum atomic E-state index is 12.9. The normalized spacial score (nSPS) is 15.5. The molecule has 0 saturated carbocycles. The van der Waals surface area contributed by atoms with E-state index in [1.54, 1.807) is 40.1 Å². The minimum absolute atomic E-state index is 0.0964. The van der Waals surface area contributed by atoms with E-state index in [1.165, 1.54) is 13.8 Å². The largest absolute Gasteiger partial charge is 0.445 e. The van der Waals surface area contributed by atoms with Crippen LogP contribution in [0, 0.1) is 0 Å². The van der Waals surface area contributed by atoms with Gasteiger partial charge in [0.1, 0.15) is 6.61 Å². The predicted molar refractivity (Wildman–Crippen MR) is 129 cm³/mol. The third-order valence-corrected chi connectivity index (χ3v) is 7.08. The molecule has 0 spiro atoms. The lowest BCUT2D eigenvalue weighted by Gasteiger charge is -2.37. The number of fused-ring (bicyclic) bond motifs is 1. The standard InChI is InChI=1S/C21H20Cl3NO6S2/c1-12(26)30-17-8-14-5-6-25(20(28)29-11-21(22,23)24)16(10-33-19-4-3-7-32-19)15(14)9-18(17)31-13(2)27/h3-4,7-9,16H,5-6,10-11H2,1-2H3. The van der Waals surface area contributed by atoms with Gasteiger partial charge in [-0.2, -0.15) is 0 Å². The van der Waals surface area contributed by atoms with Crippen LogP contribution in [0.4, 0.5) is 4.79 Å². The van der Waals surface area contributed by atoms with E-state index in [4.69, 9.17) is 49.0 Å². The Kier molecular flexibility index (Phi) is 8.80. The number of hydrogen-bond donors (Lipinski definition) is 0. The molecular formula is C21H20Cl3NO6S2. The Bertz CT molecular complexity index is 1030. The summed E-state index contributed by atoms with van der Waals surface area (Å²) in [6.45, 7) is 2.46. The second-order valence-electron chi connectivity index (χ2n) is 7.06. The van der Waals surface area contributed by atoms with Gasteiger partial charge in [0.15, 0.2) is 11.5 Å². The van der Waals surface area contributed by atoms with Gasteiger partial charge in [0.25, 0.3) is 0 Å². The highest BCUT2D eigenvalue weighted by atomic mass is 35.6. The molecule has 0 saturated heterocycles. The fraction of sp³-hybridized carbons (Fsp3) is 0.381. The monoisotopic (exact) mass is 551 g/mol. The molecule has 0 bridgehead atoms. The summed E-state index contributed by atoms with van der Waals surface area (Å²) < 4.78 is 15.1. The first-order valence-corrected chi connectivity index (χ1v) is 12.7. The topological polar surface area (TPSA) is 82.1 Å². The number of halogens is 3. The van der Waals surface area contributed by atoms with Crippen LogP contribution in [0.25, 0.3) is 0 Å². The summed E-state index contributed by atoms with van der Waals surface area (Å²) in [5.41, 5.74) is 1.62. The van der Waals surface area contributed by atoms with Crippen molar-refractivity contribution in [3.8, 4) is 11.5 Å². The van der Waals surface area contributed by atoms with Gasteiger partial charge in [0.05, 0.1) is 10.3 Å². The Balaban J connectivity index is 1.96. The van der Waals surface area contributed by atoms with Gasteiger partial charge < -0.3 is 14.2 Å². The van der Waals surface area contributed by atoms with Gasteiger partial charge in [0.2, 0.25) is 3.79 Å². The first-order chi connectivity index (χ1) is 15.5. The number of benzene rings is 1. The van der Waals surface area contributed by atoms with E-state index < -0.39 is 34.5 Å². The molecule has 33 heavy (non-hydrogen) atoms. The quantitative estimate of drug-likeness (QED) is 0.194. The SMILES string of the molecule is CC(=O)Oc1cc2c(cc1OC(C)=O)C(CSc1cccs1)N(C(=O)OCC(Cl)(Cl)Cl)CC2. The molecule has 0 fully saturated rings. The molecule has 2 heterocycles. The lowest BCUT2D eigenvalue weighted by Crippen LogP contribution is -2.42. The molecule has 0 aliphatic carbocycles. The molecule has 7 nitrogen and oxygen atoms in total. The van der Waals surface area contributed by atoms with Crippen LogP contribution in [0.5, 0.6) is 11.5 Å². The van der Waals surface area contributed by atoms with E-state index in [1.807, 2.05) is 17.5 Å². The summed E-state index contributed by atoms with van der Waals surface area (Å²) in [5.74, 6) is -0.362. The number of esters is 2. The van der Waals surface area contributed by atoms with Crippen molar-refractivity contribution < 1.29 is 28.6 Å². The van der Waals surface area contributed by atoms with Crippen molar-refractivity contribution in [2.75, 3.05) is 18.9 Å². The summed E-state index contributed by atoms with van der Waals surface area (Å²) in [6.07, 6.45) is -0.158. The summed E-state index contributed by atoms with van der Waals surface area (Å²) in [4.78, 5) is 37.6. The number of hydrogen-bond acceptors (Lipinski definition) is 8. The van der Waals surface area contributed by atoms with Crippen LogP contribution in [0.15, 0.2) is 33.9 Å². The van der Waals surface area contributed by atoms with Crippen LogP contribution >= 0.6 is 57.9 Å². The van der Waals surface area contributed by atoms with E-state index in [9.17, 15) is 14.4 Å². The van der Waals surface area contributed by atoms with E-state index >= 15 is 0 Å². The van der Waals surface area contributed by atoms with Crippen LogP contribution in [0.2, 0.25) is 0 Å². The number of alkyl halides is 3. The molecule has 178 valence electrons. The molecule has 1 aromatic carbocycles. The van der Waals surface area contributed by atoms with Gasteiger partial charge in [-0.3, -0.25) is 14.5 Å². The number of amides is 1. The van der Waals surface area contributed by atoms with Crippen LogP contribution < -0.4 is 9.47 Å². The van der Waals surface area contributed by atoms with Crippen LogP contribution in [0.3, 0.4) is 0 Å². The van der Waals surface area contributed by atoms with Gasteiger partial charge >= 0.3 is 18.0 Å². The molecule has 2 aromatic rings. The molecule has 1 aliphatic rings. The second kappa shape index (κ2) is 11.2. The lowest BCUT2D eigenvalue weighted by atomic mass is 9.93. The minimum Gasteiger partial charge on any atom is -0.445 e. The van der Waals surface area contributed by atoms with Gasteiger partial charge in [-0.15, -0.1) is 23.1 Å². The number of carbonyl (C=O) groups excluding carboxylic acids is 3. The lowest BCUT2D eigenvalue weighted by molar-refractivity contribution is -0.134. The highest BCUT2D eigenvalue weighted by molar-refractivity contribution is 8.01. The zero-order valence-corrected chi connectivity index (χ0v) is 21.5. The molecule has 0 N–H and O–H groups in total.